The number of likely N-dealkylation sites (tertiary alicyclic amines) is 1. The third-order valence-corrected chi connectivity index (χ3v) is 4.34. The lowest BCUT2D eigenvalue weighted by atomic mass is 10.1. The number of carbonyl (C=O) groups excluding carboxylic acids is 2. The van der Waals surface area contributed by atoms with E-state index in [0.29, 0.717) is 13.1 Å². The summed E-state index contributed by atoms with van der Waals surface area (Å²) in [5.41, 5.74) is 0.822. The lowest BCUT2D eigenvalue weighted by Crippen LogP contribution is -2.52. The number of hydrogen-bond acceptors (Lipinski definition) is 5. The van der Waals surface area contributed by atoms with Crippen molar-refractivity contribution >= 4 is 17.5 Å². The van der Waals surface area contributed by atoms with Crippen LogP contribution in [-0.2, 0) is 9.59 Å². The van der Waals surface area contributed by atoms with Gasteiger partial charge in [0.1, 0.15) is 5.75 Å². The molecule has 0 unspecified atom stereocenters. The van der Waals surface area contributed by atoms with Gasteiger partial charge in [-0.3, -0.25) is 19.4 Å². The van der Waals surface area contributed by atoms with E-state index in [2.05, 4.69) is 9.80 Å². The number of phenols is 1. The smallest absolute Gasteiger partial charge is 0.246 e. The van der Waals surface area contributed by atoms with E-state index in [1.807, 2.05) is 12.1 Å². The molecule has 3 rings (SSSR count). The number of phenolic OH excluding ortho intramolecular Hbond substituents is 1. The van der Waals surface area contributed by atoms with Gasteiger partial charge in [-0.2, -0.15) is 0 Å². The molecule has 2 heterocycles. The molecule has 1 atom stereocenters. The third kappa shape index (κ3) is 2.47. The highest BCUT2D eigenvalue weighted by atomic mass is 16.3. The SMILES string of the molecule is CN1C(=O)C[C@H](N2CCN(c3ccccc3O)CC2)C1=O. The van der Waals surface area contributed by atoms with E-state index in [-0.39, 0.29) is 30.0 Å². The predicted octanol–water partition coefficient (Wildman–Crippen LogP) is 0.271. The van der Waals surface area contributed by atoms with Gasteiger partial charge in [-0.05, 0) is 12.1 Å². The lowest BCUT2D eigenvalue weighted by molar-refractivity contribution is -0.138. The molecular formula is C15H19N3O3. The quantitative estimate of drug-likeness (QED) is 0.792. The molecule has 2 aliphatic heterocycles. The highest BCUT2D eigenvalue weighted by Crippen LogP contribution is 2.28. The molecule has 0 radical (unpaired) electrons. The molecule has 0 aliphatic carbocycles. The van der Waals surface area contributed by atoms with Crippen LogP contribution in [0, 0.1) is 0 Å². The second-order valence-electron chi connectivity index (χ2n) is 5.52. The van der Waals surface area contributed by atoms with E-state index in [0.717, 1.165) is 18.8 Å². The zero-order valence-electron chi connectivity index (χ0n) is 12.0. The van der Waals surface area contributed by atoms with Gasteiger partial charge < -0.3 is 10.0 Å². The number of para-hydroxylation sites is 2. The number of imide groups is 1. The van der Waals surface area contributed by atoms with Gasteiger partial charge in [0.2, 0.25) is 11.8 Å². The number of amides is 2. The van der Waals surface area contributed by atoms with Crippen molar-refractivity contribution in [1.29, 1.82) is 0 Å². The predicted molar refractivity (Wildman–Crippen MR) is 78.1 cm³/mol. The first-order valence-electron chi connectivity index (χ1n) is 7.15. The summed E-state index contributed by atoms with van der Waals surface area (Å²) in [6.45, 7) is 2.90. The Morgan fingerprint density at radius 2 is 1.76 bits per heavy atom. The number of piperazine rings is 1. The Bertz CT molecular complexity index is 567. The van der Waals surface area contributed by atoms with Crippen molar-refractivity contribution in [3.8, 4) is 5.75 Å². The standard InChI is InChI=1S/C15H19N3O3/c1-16-14(20)10-12(15(16)21)18-8-6-17(7-9-18)11-4-2-3-5-13(11)19/h2-5,12,19H,6-10H2,1H3/t12-/m0/s1. The zero-order chi connectivity index (χ0) is 15.0. The minimum Gasteiger partial charge on any atom is -0.506 e. The highest BCUT2D eigenvalue weighted by molar-refractivity contribution is 6.05. The molecular weight excluding hydrogens is 270 g/mol. The van der Waals surface area contributed by atoms with Crippen molar-refractivity contribution in [2.75, 3.05) is 38.1 Å². The van der Waals surface area contributed by atoms with Crippen LogP contribution in [0.25, 0.3) is 0 Å². The van der Waals surface area contributed by atoms with Crippen molar-refractivity contribution < 1.29 is 14.7 Å². The van der Waals surface area contributed by atoms with Gasteiger partial charge in [0, 0.05) is 33.2 Å². The first kappa shape index (κ1) is 13.9. The van der Waals surface area contributed by atoms with Crippen LogP contribution in [0.2, 0.25) is 0 Å². The van der Waals surface area contributed by atoms with E-state index < -0.39 is 0 Å². The first-order valence-corrected chi connectivity index (χ1v) is 7.15. The second kappa shape index (κ2) is 5.37. The van der Waals surface area contributed by atoms with E-state index >= 15 is 0 Å². The molecule has 0 spiro atoms. The van der Waals surface area contributed by atoms with Crippen LogP contribution in [0.5, 0.6) is 5.75 Å². The summed E-state index contributed by atoms with van der Waals surface area (Å²) in [6, 6.07) is 6.95. The van der Waals surface area contributed by atoms with E-state index in [1.165, 1.54) is 4.90 Å². The summed E-state index contributed by atoms with van der Waals surface area (Å²) in [5, 5.41) is 9.89. The van der Waals surface area contributed by atoms with E-state index in [1.54, 1.807) is 19.2 Å². The van der Waals surface area contributed by atoms with Gasteiger partial charge in [-0.25, -0.2) is 0 Å². The summed E-state index contributed by atoms with van der Waals surface area (Å²) in [4.78, 5) is 29.0. The Kier molecular flexibility index (Phi) is 3.55. The molecule has 2 aliphatic rings. The summed E-state index contributed by atoms with van der Waals surface area (Å²) in [5.74, 6) is 0.0712. The fourth-order valence-electron chi connectivity index (χ4n) is 3.03. The monoisotopic (exact) mass is 289 g/mol. The second-order valence-corrected chi connectivity index (χ2v) is 5.52. The van der Waals surface area contributed by atoms with Crippen molar-refractivity contribution in [3.05, 3.63) is 24.3 Å². The summed E-state index contributed by atoms with van der Waals surface area (Å²) < 4.78 is 0. The topological polar surface area (TPSA) is 64.1 Å². The summed E-state index contributed by atoms with van der Waals surface area (Å²) >= 11 is 0. The minimum atomic E-state index is -0.311. The number of carbonyl (C=O) groups is 2. The van der Waals surface area contributed by atoms with Gasteiger partial charge in [-0.15, -0.1) is 0 Å². The van der Waals surface area contributed by atoms with Gasteiger partial charge in [-0.1, -0.05) is 12.1 Å². The maximum absolute atomic E-state index is 12.0. The number of anilines is 1. The molecule has 0 saturated carbocycles. The lowest BCUT2D eigenvalue weighted by Gasteiger charge is -2.38. The van der Waals surface area contributed by atoms with Crippen LogP contribution in [0.1, 0.15) is 6.42 Å². The summed E-state index contributed by atoms with van der Waals surface area (Å²) in [7, 11) is 1.54. The number of nitrogens with zero attached hydrogens (tertiary/aromatic N) is 3. The number of rotatable bonds is 2. The van der Waals surface area contributed by atoms with Crippen LogP contribution < -0.4 is 4.90 Å². The first-order chi connectivity index (χ1) is 10.1. The van der Waals surface area contributed by atoms with Gasteiger partial charge in [0.25, 0.3) is 0 Å². The fraction of sp³-hybridized carbons (Fsp3) is 0.467. The Labute approximate surface area is 123 Å². The molecule has 1 aromatic rings. The highest BCUT2D eigenvalue weighted by Gasteiger charge is 2.40. The van der Waals surface area contributed by atoms with Crippen LogP contribution in [0.4, 0.5) is 5.69 Å². The molecule has 2 fully saturated rings. The van der Waals surface area contributed by atoms with Crippen LogP contribution in [0.15, 0.2) is 24.3 Å². The van der Waals surface area contributed by atoms with Crippen LogP contribution >= 0.6 is 0 Å². The number of benzene rings is 1. The van der Waals surface area contributed by atoms with Crippen molar-refractivity contribution in [2.24, 2.45) is 0 Å². The molecule has 6 nitrogen and oxygen atoms in total. The molecule has 1 aromatic carbocycles. The average Bonchev–Trinajstić information content (AvgIpc) is 2.76. The Balaban J connectivity index is 1.65. The van der Waals surface area contributed by atoms with Crippen molar-refractivity contribution in [3.63, 3.8) is 0 Å². The molecule has 1 N–H and O–H groups in total. The van der Waals surface area contributed by atoms with Crippen LogP contribution in [0.3, 0.4) is 0 Å². The van der Waals surface area contributed by atoms with E-state index in [4.69, 9.17) is 0 Å². The Morgan fingerprint density at radius 1 is 1.10 bits per heavy atom. The van der Waals surface area contributed by atoms with Crippen LogP contribution in [-0.4, -0.2) is 66.0 Å². The minimum absolute atomic E-state index is 0.101. The van der Waals surface area contributed by atoms with Gasteiger partial charge in [0.05, 0.1) is 18.2 Å². The van der Waals surface area contributed by atoms with Gasteiger partial charge >= 0.3 is 0 Å². The number of likely N-dealkylation sites (N-methyl/N-ethyl adjacent to an activating group) is 1. The van der Waals surface area contributed by atoms with Crippen molar-refractivity contribution in [1.82, 2.24) is 9.80 Å². The Hall–Kier alpha value is -2.08. The largest absolute Gasteiger partial charge is 0.506 e. The van der Waals surface area contributed by atoms with E-state index in [9.17, 15) is 14.7 Å². The van der Waals surface area contributed by atoms with Gasteiger partial charge in [0.15, 0.2) is 0 Å². The molecule has 2 saturated heterocycles. The zero-order valence-corrected chi connectivity index (χ0v) is 12.0. The van der Waals surface area contributed by atoms with Crippen molar-refractivity contribution in [2.45, 2.75) is 12.5 Å². The summed E-state index contributed by atoms with van der Waals surface area (Å²) in [6.07, 6.45) is 0.284. The molecule has 2 amide bonds. The normalized spacial score (nSPS) is 24.0. The number of aromatic hydroxyl groups is 1. The molecule has 6 heteroatoms. The Morgan fingerprint density at radius 3 is 2.33 bits per heavy atom. The maximum atomic E-state index is 12.0. The molecule has 21 heavy (non-hydrogen) atoms. The maximum Gasteiger partial charge on any atom is 0.246 e. The average molecular weight is 289 g/mol. The third-order valence-electron chi connectivity index (χ3n) is 4.34. The molecule has 112 valence electrons. The molecule has 0 bridgehead atoms. The molecule has 0 aromatic heterocycles. The fourth-order valence-corrected chi connectivity index (χ4v) is 3.03. The number of hydrogen-bond donors (Lipinski definition) is 1.